The molecule has 1 aromatic heterocycles. The van der Waals surface area contributed by atoms with Crippen molar-refractivity contribution >= 4 is 21.7 Å². The van der Waals surface area contributed by atoms with E-state index in [0.29, 0.717) is 0 Å². The van der Waals surface area contributed by atoms with Gasteiger partial charge in [-0.3, -0.25) is 0 Å². The Morgan fingerprint density at radius 1 is 1.47 bits per heavy atom. The van der Waals surface area contributed by atoms with Crippen molar-refractivity contribution in [3.63, 3.8) is 0 Å². The van der Waals surface area contributed by atoms with Crippen molar-refractivity contribution in [1.82, 2.24) is 10.3 Å². The highest BCUT2D eigenvalue weighted by atomic mass is 79.9. The van der Waals surface area contributed by atoms with E-state index in [2.05, 4.69) is 44.5 Å². The summed E-state index contributed by atoms with van der Waals surface area (Å²) in [5.74, 6) is 0.952. The van der Waals surface area contributed by atoms with Crippen LogP contribution in [-0.4, -0.2) is 24.1 Å². The fourth-order valence-corrected chi connectivity index (χ4v) is 1.61. The van der Waals surface area contributed by atoms with Crippen LogP contribution in [0.25, 0.3) is 0 Å². The molecule has 0 amide bonds. The van der Waals surface area contributed by atoms with Crippen molar-refractivity contribution in [1.29, 1.82) is 0 Å². The molecule has 1 fully saturated rings. The first kappa shape index (κ1) is 10.9. The van der Waals surface area contributed by atoms with Gasteiger partial charge in [0.15, 0.2) is 0 Å². The highest BCUT2D eigenvalue weighted by molar-refractivity contribution is 9.10. The average Bonchev–Trinajstić information content (AvgIpc) is 3.02. The van der Waals surface area contributed by atoms with Gasteiger partial charge in [-0.05, 0) is 47.3 Å². The van der Waals surface area contributed by atoms with Crippen molar-refractivity contribution in [2.24, 2.45) is 0 Å². The first-order chi connectivity index (χ1) is 7.25. The highest BCUT2D eigenvalue weighted by Crippen LogP contribution is 2.18. The van der Waals surface area contributed by atoms with Gasteiger partial charge in [-0.2, -0.15) is 0 Å². The summed E-state index contributed by atoms with van der Waals surface area (Å²) in [4.78, 5) is 4.29. The summed E-state index contributed by atoms with van der Waals surface area (Å²) in [6.45, 7) is 4.02. The topological polar surface area (TPSA) is 37.0 Å². The molecule has 0 saturated heterocycles. The van der Waals surface area contributed by atoms with Gasteiger partial charge in [0.25, 0.3) is 0 Å². The minimum absolute atomic E-state index is 0.784. The SMILES string of the molecule is Cc1cc(NCCNC2CC2)ncc1Br. The van der Waals surface area contributed by atoms with E-state index in [9.17, 15) is 0 Å². The minimum Gasteiger partial charge on any atom is -0.369 e. The molecule has 1 heterocycles. The van der Waals surface area contributed by atoms with E-state index in [-0.39, 0.29) is 0 Å². The zero-order valence-corrected chi connectivity index (χ0v) is 10.5. The van der Waals surface area contributed by atoms with E-state index < -0.39 is 0 Å². The zero-order chi connectivity index (χ0) is 10.7. The number of pyridine rings is 1. The van der Waals surface area contributed by atoms with E-state index in [1.54, 1.807) is 0 Å². The Morgan fingerprint density at radius 3 is 2.93 bits per heavy atom. The summed E-state index contributed by atoms with van der Waals surface area (Å²) in [6.07, 6.45) is 4.53. The number of nitrogens with one attached hydrogen (secondary N) is 2. The Balaban J connectivity index is 1.74. The Morgan fingerprint density at radius 2 is 2.27 bits per heavy atom. The van der Waals surface area contributed by atoms with E-state index in [0.717, 1.165) is 29.4 Å². The van der Waals surface area contributed by atoms with Crippen molar-refractivity contribution < 1.29 is 0 Å². The highest BCUT2D eigenvalue weighted by Gasteiger charge is 2.19. The van der Waals surface area contributed by atoms with Crippen LogP contribution in [0.2, 0.25) is 0 Å². The smallest absolute Gasteiger partial charge is 0.126 e. The molecule has 0 unspecified atom stereocenters. The Hall–Kier alpha value is -0.610. The van der Waals surface area contributed by atoms with Gasteiger partial charge in [0.05, 0.1) is 0 Å². The second kappa shape index (κ2) is 4.94. The molecule has 1 saturated carbocycles. The maximum absolute atomic E-state index is 4.29. The van der Waals surface area contributed by atoms with Gasteiger partial charge in [-0.1, -0.05) is 0 Å². The fraction of sp³-hybridized carbons (Fsp3) is 0.545. The molecule has 0 radical (unpaired) electrons. The van der Waals surface area contributed by atoms with Crippen LogP contribution in [0.15, 0.2) is 16.7 Å². The average molecular weight is 270 g/mol. The molecule has 0 aromatic carbocycles. The maximum atomic E-state index is 4.29. The monoisotopic (exact) mass is 269 g/mol. The molecule has 0 aliphatic heterocycles. The van der Waals surface area contributed by atoms with E-state index in [1.807, 2.05) is 6.20 Å². The fourth-order valence-electron chi connectivity index (χ4n) is 1.39. The zero-order valence-electron chi connectivity index (χ0n) is 8.89. The van der Waals surface area contributed by atoms with Crippen LogP contribution in [0, 0.1) is 6.92 Å². The van der Waals surface area contributed by atoms with Crippen LogP contribution < -0.4 is 10.6 Å². The lowest BCUT2D eigenvalue weighted by Crippen LogP contribution is -2.24. The number of rotatable bonds is 5. The molecule has 0 spiro atoms. The van der Waals surface area contributed by atoms with E-state index >= 15 is 0 Å². The molecule has 4 heteroatoms. The normalized spacial score (nSPS) is 15.3. The van der Waals surface area contributed by atoms with Crippen molar-refractivity contribution in [3.8, 4) is 0 Å². The summed E-state index contributed by atoms with van der Waals surface area (Å²) in [7, 11) is 0. The molecule has 0 atom stereocenters. The molecule has 82 valence electrons. The van der Waals surface area contributed by atoms with Crippen LogP contribution in [0.5, 0.6) is 0 Å². The van der Waals surface area contributed by atoms with Gasteiger partial charge < -0.3 is 10.6 Å². The van der Waals surface area contributed by atoms with Crippen LogP contribution in [-0.2, 0) is 0 Å². The number of nitrogens with zero attached hydrogens (tertiary/aromatic N) is 1. The van der Waals surface area contributed by atoms with Crippen molar-refractivity contribution in [3.05, 3.63) is 22.3 Å². The molecule has 3 nitrogen and oxygen atoms in total. The summed E-state index contributed by atoms with van der Waals surface area (Å²) >= 11 is 3.44. The molecular formula is C11H16BrN3. The summed E-state index contributed by atoms with van der Waals surface area (Å²) in [5.41, 5.74) is 1.21. The van der Waals surface area contributed by atoms with E-state index in [4.69, 9.17) is 0 Å². The van der Waals surface area contributed by atoms with Crippen LogP contribution >= 0.6 is 15.9 Å². The number of hydrogen-bond donors (Lipinski definition) is 2. The number of aromatic nitrogens is 1. The Bertz CT molecular complexity index is 337. The van der Waals surface area contributed by atoms with Gasteiger partial charge in [0.2, 0.25) is 0 Å². The molecule has 2 rings (SSSR count). The van der Waals surface area contributed by atoms with Gasteiger partial charge >= 0.3 is 0 Å². The Labute approximate surface area is 98.8 Å². The van der Waals surface area contributed by atoms with E-state index in [1.165, 1.54) is 18.4 Å². The third kappa shape index (κ3) is 3.47. The molecule has 1 aromatic rings. The quantitative estimate of drug-likeness (QED) is 0.806. The second-order valence-corrected chi connectivity index (χ2v) is 4.83. The van der Waals surface area contributed by atoms with Crippen LogP contribution in [0.4, 0.5) is 5.82 Å². The second-order valence-electron chi connectivity index (χ2n) is 3.97. The lowest BCUT2D eigenvalue weighted by Gasteiger charge is -2.07. The van der Waals surface area contributed by atoms with Gasteiger partial charge in [0, 0.05) is 29.8 Å². The van der Waals surface area contributed by atoms with Crippen LogP contribution in [0.1, 0.15) is 18.4 Å². The summed E-state index contributed by atoms with van der Waals surface area (Å²) in [5, 5.41) is 6.75. The molecule has 0 bridgehead atoms. The molecule has 1 aliphatic rings. The molecular weight excluding hydrogens is 254 g/mol. The summed E-state index contributed by atoms with van der Waals surface area (Å²) < 4.78 is 1.06. The maximum Gasteiger partial charge on any atom is 0.126 e. The molecule has 2 N–H and O–H groups in total. The Kier molecular flexibility index (Phi) is 3.59. The molecule has 15 heavy (non-hydrogen) atoms. The number of anilines is 1. The van der Waals surface area contributed by atoms with Gasteiger partial charge in [-0.25, -0.2) is 4.98 Å². The number of halogens is 1. The first-order valence-corrected chi connectivity index (χ1v) is 6.14. The minimum atomic E-state index is 0.784. The van der Waals surface area contributed by atoms with Crippen molar-refractivity contribution in [2.45, 2.75) is 25.8 Å². The van der Waals surface area contributed by atoms with Crippen LogP contribution in [0.3, 0.4) is 0 Å². The predicted molar refractivity (Wildman–Crippen MR) is 66.2 cm³/mol. The van der Waals surface area contributed by atoms with Gasteiger partial charge in [0.1, 0.15) is 5.82 Å². The third-order valence-electron chi connectivity index (χ3n) is 2.49. The largest absolute Gasteiger partial charge is 0.369 e. The predicted octanol–water partition coefficient (Wildman–Crippen LogP) is 2.32. The lowest BCUT2D eigenvalue weighted by molar-refractivity contribution is 0.700. The number of hydrogen-bond acceptors (Lipinski definition) is 3. The summed E-state index contributed by atoms with van der Waals surface area (Å²) in [6, 6.07) is 2.84. The lowest BCUT2D eigenvalue weighted by atomic mass is 10.3. The third-order valence-corrected chi connectivity index (χ3v) is 3.32. The van der Waals surface area contributed by atoms with Crippen molar-refractivity contribution in [2.75, 3.05) is 18.4 Å². The first-order valence-electron chi connectivity index (χ1n) is 5.35. The molecule has 1 aliphatic carbocycles. The standard InChI is InChI=1S/C11H16BrN3/c1-8-6-11(15-7-10(8)12)14-5-4-13-9-2-3-9/h6-7,9,13H,2-5H2,1H3,(H,14,15). The number of aryl methyl sites for hydroxylation is 1. The van der Waals surface area contributed by atoms with Gasteiger partial charge in [-0.15, -0.1) is 0 Å².